The number of carbonyl (C=O) groups is 1. The first-order valence-electron chi connectivity index (χ1n) is 5.25. The highest BCUT2D eigenvalue weighted by Crippen LogP contribution is 2.25. The van der Waals surface area contributed by atoms with Crippen molar-refractivity contribution in [3.63, 3.8) is 0 Å². The average Bonchev–Trinajstić information content (AvgIpc) is 2.84. The number of aromatic nitrogens is 2. The number of benzene rings is 1. The van der Waals surface area contributed by atoms with Crippen molar-refractivity contribution in [3.8, 4) is 0 Å². The molecule has 0 bridgehead atoms. The van der Waals surface area contributed by atoms with E-state index in [-0.39, 0.29) is 11.2 Å². The van der Waals surface area contributed by atoms with Crippen molar-refractivity contribution in [2.75, 3.05) is 11.1 Å². The first-order valence-corrected chi connectivity index (χ1v) is 7.01. The summed E-state index contributed by atoms with van der Waals surface area (Å²) in [5.41, 5.74) is 8.59. The van der Waals surface area contributed by atoms with Crippen LogP contribution < -0.4 is 11.1 Å². The fraction of sp³-hybridized carbons (Fsp3) is 0.182. The lowest BCUT2D eigenvalue weighted by Crippen LogP contribution is -2.22. The van der Waals surface area contributed by atoms with Gasteiger partial charge >= 0.3 is 0 Å². The Bertz CT molecular complexity index is 530. The van der Waals surface area contributed by atoms with Gasteiger partial charge in [-0.3, -0.25) is 4.79 Å². The Morgan fingerprint density at radius 3 is 2.94 bits per heavy atom. The number of hydrogen-bond acceptors (Lipinski definition) is 6. The summed E-state index contributed by atoms with van der Waals surface area (Å²) in [7, 11) is 0. The topological polar surface area (TPSA) is 80.9 Å². The fourth-order valence-corrected chi connectivity index (χ4v) is 2.89. The van der Waals surface area contributed by atoms with Crippen LogP contribution in [0.4, 0.5) is 11.4 Å². The van der Waals surface area contributed by atoms with Crippen molar-refractivity contribution in [1.29, 1.82) is 0 Å². The smallest absolute Gasteiger partial charge is 0.237 e. The van der Waals surface area contributed by atoms with Crippen molar-refractivity contribution in [2.45, 2.75) is 16.5 Å². The molecule has 0 aliphatic heterocycles. The fourth-order valence-electron chi connectivity index (χ4n) is 1.26. The largest absolute Gasteiger partial charge is 0.397 e. The number of rotatable bonds is 4. The summed E-state index contributed by atoms with van der Waals surface area (Å²) < 4.78 is 0.777. The normalized spacial score (nSPS) is 12.1. The molecule has 1 aromatic heterocycles. The molecule has 18 heavy (non-hydrogen) atoms. The van der Waals surface area contributed by atoms with E-state index in [1.54, 1.807) is 17.6 Å². The minimum Gasteiger partial charge on any atom is -0.397 e. The van der Waals surface area contributed by atoms with Crippen LogP contribution in [-0.2, 0) is 4.79 Å². The van der Waals surface area contributed by atoms with Crippen LogP contribution in [-0.4, -0.2) is 21.4 Å². The molecule has 1 aromatic carbocycles. The van der Waals surface area contributed by atoms with Crippen molar-refractivity contribution < 1.29 is 4.79 Å². The van der Waals surface area contributed by atoms with Gasteiger partial charge in [0.1, 0.15) is 5.51 Å². The Labute approximate surface area is 113 Å². The molecule has 0 radical (unpaired) electrons. The summed E-state index contributed by atoms with van der Waals surface area (Å²) in [4.78, 5) is 12.0. The first kappa shape index (κ1) is 12.8. The molecule has 0 fully saturated rings. The number of para-hydroxylation sites is 2. The maximum absolute atomic E-state index is 12.0. The molecule has 0 aliphatic carbocycles. The van der Waals surface area contributed by atoms with E-state index in [2.05, 4.69) is 15.5 Å². The minimum atomic E-state index is -0.252. The Morgan fingerprint density at radius 2 is 2.28 bits per heavy atom. The summed E-state index contributed by atoms with van der Waals surface area (Å²) in [6.45, 7) is 1.82. The van der Waals surface area contributed by atoms with Gasteiger partial charge in [0.15, 0.2) is 4.34 Å². The summed E-state index contributed by atoms with van der Waals surface area (Å²) in [6.07, 6.45) is 0. The molecular formula is C11H12N4OS2. The predicted molar refractivity (Wildman–Crippen MR) is 74.7 cm³/mol. The zero-order chi connectivity index (χ0) is 13.0. The van der Waals surface area contributed by atoms with Gasteiger partial charge in [-0.25, -0.2) is 0 Å². The monoisotopic (exact) mass is 280 g/mol. The molecule has 0 spiro atoms. The maximum Gasteiger partial charge on any atom is 0.237 e. The molecule has 7 heteroatoms. The number of nitrogens with zero attached hydrogens (tertiary/aromatic N) is 2. The molecule has 1 atom stereocenters. The highest BCUT2D eigenvalue weighted by atomic mass is 32.2. The van der Waals surface area contributed by atoms with Gasteiger partial charge in [0.05, 0.1) is 16.6 Å². The maximum atomic E-state index is 12.0. The zero-order valence-corrected chi connectivity index (χ0v) is 11.3. The number of carbonyl (C=O) groups excluding carboxylic acids is 1. The van der Waals surface area contributed by atoms with Crippen molar-refractivity contribution in [1.82, 2.24) is 10.2 Å². The Kier molecular flexibility index (Phi) is 4.16. The van der Waals surface area contributed by atoms with Gasteiger partial charge < -0.3 is 11.1 Å². The van der Waals surface area contributed by atoms with Crippen LogP contribution in [0.25, 0.3) is 0 Å². The number of nitrogens with two attached hydrogens (primary N) is 1. The molecule has 94 valence electrons. The number of thioether (sulfide) groups is 1. The van der Waals surface area contributed by atoms with E-state index in [1.165, 1.54) is 23.1 Å². The predicted octanol–water partition coefficient (Wildman–Crippen LogP) is 2.24. The van der Waals surface area contributed by atoms with Crippen molar-refractivity contribution in [2.24, 2.45) is 0 Å². The van der Waals surface area contributed by atoms with Crippen molar-refractivity contribution in [3.05, 3.63) is 29.8 Å². The van der Waals surface area contributed by atoms with Crippen LogP contribution >= 0.6 is 23.1 Å². The van der Waals surface area contributed by atoms with Crippen LogP contribution in [0.1, 0.15) is 6.92 Å². The standard InChI is InChI=1S/C11H12N4OS2/c1-7(18-11-15-13-6-17-11)10(16)14-9-5-3-2-4-8(9)12/h2-7H,12H2,1H3,(H,14,16). The van der Waals surface area contributed by atoms with Gasteiger partial charge in [0, 0.05) is 0 Å². The van der Waals surface area contributed by atoms with E-state index in [0.717, 1.165) is 4.34 Å². The second-order valence-electron chi connectivity index (χ2n) is 3.54. The molecule has 1 amide bonds. The zero-order valence-electron chi connectivity index (χ0n) is 9.66. The van der Waals surface area contributed by atoms with Crippen LogP contribution in [0.2, 0.25) is 0 Å². The Morgan fingerprint density at radius 1 is 1.50 bits per heavy atom. The van der Waals surface area contributed by atoms with Gasteiger partial charge in [-0.15, -0.1) is 10.2 Å². The number of nitrogen functional groups attached to an aromatic ring is 1. The number of nitrogens with one attached hydrogen (secondary N) is 1. The number of anilines is 2. The van der Waals surface area contributed by atoms with Crippen molar-refractivity contribution >= 4 is 40.4 Å². The lowest BCUT2D eigenvalue weighted by Gasteiger charge is -2.11. The molecule has 2 aromatic rings. The summed E-state index contributed by atoms with van der Waals surface area (Å²) >= 11 is 2.79. The molecule has 5 nitrogen and oxygen atoms in total. The van der Waals surface area contributed by atoms with Gasteiger partial charge in [-0.05, 0) is 19.1 Å². The van der Waals surface area contributed by atoms with Crippen LogP contribution in [0.3, 0.4) is 0 Å². The van der Waals surface area contributed by atoms with E-state index in [0.29, 0.717) is 11.4 Å². The Balaban J connectivity index is 1.98. The third-order valence-electron chi connectivity index (χ3n) is 2.21. The molecule has 1 heterocycles. The van der Waals surface area contributed by atoms with Gasteiger partial charge in [-0.2, -0.15) is 0 Å². The second kappa shape index (κ2) is 5.83. The van der Waals surface area contributed by atoms with Gasteiger partial charge in [0.25, 0.3) is 0 Å². The van der Waals surface area contributed by atoms with Crippen LogP contribution in [0, 0.1) is 0 Å². The highest BCUT2D eigenvalue weighted by Gasteiger charge is 2.16. The highest BCUT2D eigenvalue weighted by molar-refractivity contribution is 8.02. The lowest BCUT2D eigenvalue weighted by molar-refractivity contribution is -0.115. The molecule has 2 rings (SSSR count). The quantitative estimate of drug-likeness (QED) is 0.663. The minimum absolute atomic E-state index is 0.104. The van der Waals surface area contributed by atoms with E-state index < -0.39 is 0 Å². The molecule has 3 N–H and O–H groups in total. The first-order chi connectivity index (χ1) is 8.66. The van der Waals surface area contributed by atoms with Gasteiger partial charge in [0.2, 0.25) is 5.91 Å². The van der Waals surface area contributed by atoms with E-state index in [4.69, 9.17) is 5.73 Å². The molecular weight excluding hydrogens is 268 g/mol. The third-order valence-corrected chi connectivity index (χ3v) is 4.12. The average molecular weight is 280 g/mol. The van der Waals surface area contributed by atoms with E-state index in [9.17, 15) is 4.79 Å². The molecule has 0 saturated heterocycles. The Hall–Kier alpha value is -1.60. The van der Waals surface area contributed by atoms with Crippen LogP contribution in [0.15, 0.2) is 34.1 Å². The van der Waals surface area contributed by atoms with Gasteiger partial charge in [-0.1, -0.05) is 35.2 Å². The molecule has 1 unspecified atom stereocenters. The lowest BCUT2D eigenvalue weighted by atomic mass is 10.2. The summed E-state index contributed by atoms with van der Waals surface area (Å²) in [6, 6.07) is 7.17. The second-order valence-corrected chi connectivity index (χ2v) is 5.96. The number of hydrogen-bond donors (Lipinski definition) is 2. The molecule has 0 aliphatic rings. The van der Waals surface area contributed by atoms with E-state index >= 15 is 0 Å². The third kappa shape index (κ3) is 3.21. The molecule has 0 saturated carbocycles. The van der Waals surface area contributed by atoms with Crippen LogP contribution in [0.5, 0.6) is 0 Å². The summed E-state index contributed by atoms with van der Waals surface area (Å²) in [5, 5.41) is 10.2. The van der Waals surface area contributed by atoms with E-state index in [1.807, 2.05) is 19.1 Å². The number of amides is 1. The summed E-state index contributed by atoms with van der Waals surface area (Å²) in [5.74, 6) is -0.104. The SMILES string of the molecule is CC(Sc1nncs1)C(=O)Nc1ccccc1N.